The Morgan fingerprint density at radius 1 is 1.60 bits per heavy atom. The van der Waals surface area contributed by atoms with Crippen LogP contribution in [0.1, 0.15) is 13.3 Å². The van der Waals surface area contributed by atoms with Crippen molar-refractivity contribution < 1.29 is 18.1 Å². The third-order valence-corrected chi connectivity index (χ3v) is 2.58. The Balaban J connectivity index is 4.42. The van der Waals surface area contributed by atoms with E-state index in [0.29, 0.717) is 0 Å². The zero-order chi connectivity index (χ0) is 8.41. The van der Waals surface area contributed by atoms with Crippen molar-refractivity contribution in [3.05, 3.63) is 0 Å². The second-order valence-corrected chi connectivity index (χ2v) is 4.14. The van der Waals surface area contributed by atoms with E-state index in [1.54, 1.807) is 0 Å². The molecule has 4 N–H and O–H groups in total. The maximum Gasteiger partial charge on any atom is 0.283 e. The van der Waals surface area contributed by atoms with Gasteiger partial charge in [0.1, 0.15) is 4.87 Å². The van der Waals surface area contributed by atoms with E-state index < -0.39 is 15.0 Å². The molecule has 0 aliphatic carbocycles. The Morgan fingerprint density at radius 2 is 2.00 bits per heavy atom. The normalized spacial score (nSPS) is 18.4. The van der Waals surface area contributed by atoms with Gasteiger partial charge in [-0.1, -0.05) is 0 Å². The summed E-state index contributed by atoms with van der Waals surface area (Å²) in [4.78, 5) is -1.73. The summed E-state index contributed by atoms with van der Waals surface area (Å²) >= 11 is 0. The van der Waals surface area contributed by atoms with E-state index in [1.807, 2.05) is 0 Å². The lowest BCUT2D eigenvalue weighted by Crippen LogP contribution is -2.45. The minimum Gasteiger partial charge on any atom is -0.396 e. The molecule has 0 aromatic heterocycles. The van der Waals surface area contributed by atoms with Gasteiger partial charge in [-0.05, 0) is 6.92 Å². The summed E-state index contributed by atoms with van der Waals surface area (Å²) in [7, 11) is -4.25. The van der Waals surface area contributed by atoms with Crippen molar-refractivity contribution in [2.75, 3.05) is 6.61 Å². The molecule has 0 aromatic rings. The highest BCUT2D eigenvalue weighted by atomic mass is 32.2. The first-order valence-electron chi connectivity index (χ1n) is 2.68. The second kappa shape index (κ2) is 2.83. The van der Waals surface area contributed by atoms with Crippen molar-refractivity contribution >= 4 is 10.1 Å². The van der Waals surface area contributed by atoms with Crippen molar-refractivity contribution in [1.82, 2.24) is 0 Å². The lowest BCUT2D eigenvalue weighted by atomic mass is 10.2. The van der Waals surface area contributed by atoms with Gasteiger partial charge in [0.15, 0.2) is 0 Å². The molecule has 0 saturated carbocycles. The Bertz CT molecular complexity index is 195. The molecule has 0 aliphatic heterocycles. The average molecular weight is 169 g/mol. The summed E-state index contributed by atoms with van der Waals surface area (Å²) in [5, 5.41) is 8.31. The lowest BCUT2D eigenvalue weighted by Gasteiger charge is -2.18. The van der Waals surface area contributed by atoms with E-state index in [4.69, 9.17) is 15.4 Å². The van der Waals surface area contributed by atoms with Gasteiger partial charge in [0.05, 0.1) is 0 Å². The van der Waals surface area contributed by atoms with Gasteiger partial charge >= 0.3 is 0 Å². The summed E-state index contributed by atoms with van der Waals surface area (Å²) in [6.45, 7) is 0.769. The second-order valence-electron chi connectivity index (χ2n) is 2.26. The van der Waals surface area contributed by atoms with E-state index >= 15 is 0 Å². The number of aliphatic hydroxyl groups excluding tert-OH is 1. The van der Waals surface area contributed by atoms with E-state index in [0.717, 1.165) is 6.92 Å². The van der Waals surface area contributed by atoms with Gasteiger partial charge in [0, 0.05) is 13.0 Å². The first-order chi connectivity index (χ1) is 4.31. The van der Waals surface area contributed by atoms with Gasteiger partial charge in [-0.3, -0.25) is 4.55 Å². The third kappa shape index (κ3) is 2.22. The predicted octanol–water partition coefficient (Wildman–Crippen LogP) is -1.07. The Morgan fingerprint density at radius 3 is 2.10 bits per heavy atom. The van der Waals surface area contributed by atoms with Gasteiger partial charge in [-0.15, -0.1) is 0 Å². The molecule has 0 fully saturated rings. The molecule has 62 valence electrons. The van der Waals surface area contributed by atoms with Gasteiger partial charge in [-0.2, -0.15) is 8.42 Å². The molecule has 1 unspecified atom stereocenters. The molecule has 0 heterocycles. The standard InChI is InChI=1S/C4H11NO4S/c1-4(5,2-3-6)10(7,8)9/h6H,2-3,5H2,1H3,(H,7,8,9). The number of rotatable bonds is 3. The van der Waals surface area contributed by atoms with E-state index in [1.165, 1.54) is 0 Å². The van der Waals surface area contributed by atoms with Crippen molar-refractivity contribution in [2.24, 2.45) is 5.73 Å². The summed E-state index contributed by atoms with van der Waals surface area (Å²) in [6, 6.07) is 0. The highest BCUT2D eigenvalue weighted by molar-refractivity contribution is 7.87. The maximum absolute atomic E-state index is 10.4. The lowest BCUT2D eigenvalue weighted by molar-refractivity contribution is 0.264. The van der Waals surface area contributed by atoms with E-state index in [-0.39, 0.29) is 13.0 Å². The highest BCUT2D eigenvalue weighted by Crippen LogP contribution is 2.11. The van der Waals surface area contributed by atoms with Crippen LogP contribution in [0.3, 0.4) is 0 Å². The third-order valence-electron chi connectivity index (χ3n) is 1.20. The van der Waals surface area contributed by atoms with Crippen LogP contribution in [0.4, 0.5) is 0 Å². The first kappa shape index (κ1) is 9.83. The topological polar surface area (TPSA) is 101 Å². The number of hydrogen-bond acceptors (Lipinski definition) is 4. The smallest absolute Gasteiger partial charge is 0.283 e. The molecule has 0 amide bonds. The minimum atomic E-state index is -4.25. The van der Waals surface area contributed by atoms with Crippen LogP contribution in [0.25, 0.3) is 0 Å². The van der Waals surface area contributed by atoms with Crippen LogP contribution in [0.15, 0.2) is 0 Å². The zero-order valence-corrected chi connectivity index (χ0v) is 6.43. The number of hydrogen-bond donors (Lipinski definition) is 3. The predicted molar refractivity (Wildman–Crippen MR) is 35.8 cm³/mol. The van der Waals surface area contributed by atoms with E-state index in [9.17, 15) is 8.42 Å². The minimum absolute atomic E-state index is 0.175. The summed E-state index contributed by atoms with van der Waals surface area (Å²) < 4.78 is 29.1. The molecule has 5 nitrogen and oxygen atoms in total. The molecule has 0 aromatic carbocycles. The molecule has 0 spiro atoms. The number of nitrogens with two attached hydrogens (primary N) is 1. The average Bonchev–Trinajstić information content (AvgIpc) is 1.61. The fourth-order valence-electron chi connectivity index (χ4n) is 0.351. The summed E-state index contributed by atoms with van der Waals surface area (Å²) in [5.41, 5.74) is 5.11. The molecular formula is C4H11NO4S. The van der Waals surface area contributed by atoms with Crippen molar-refractivity contribution in [3.8, 4) is 0 Å². The van der Waals surface area contributed by atoms with Gasteiger partial charge in [0.2, 0.25) is 0 Å². The molecule has 0 bridgehead atoms. The Kier molecular flexibility index (Phi) is 2.78. The molecule has 0 radical (unpaired) electrons. The molecule has 10 heavy (non-hydrogen) atoms. The van der Waals surface area contributed by atoms with Crippen LogP contribution in [0, 0.1) is 0 Å². The van der Waals surface area contributed by atoms with Gasteiger partial charge in [-0.25, -0.2) is 0 Å². The molecule has 1 atom stereocenters. The fraction of sp³-hybridized carbons (Fsp3) is 1.00. The van der Waals surface area contributed by atoms with Crippen LogP contribution >= 0.6 is 0 Å². The maximum atomic E-state index is 10.4. The number of aliphatic hydroxyl groups is 1. The van der Waals surface area contributed by atoms with Gasteiger partial charge < -0.3 is 10.8 Å². The molecular weight excluding hydrogens is 158 g/mol. The largest absolute Gasteiger partial charge is 0.396 e. The summed E-state index contributed by atoms with van der Waals surface area (Å²) in [5.74, 6) is 0. The van der Waals surface area contributed by atoms with Crippen LogP contribution in [-0.4, -0.2) is 29.6 Å². The molecule has 0 aliphatic rings. The molecule has 0 rings (SSSR count). The van der Waals surface area contributed by atoms with Crippen LogP contribution in [0.5, 0.6) is 0 Å². The monoisotopic (exact) mass is 169 g/mol. The quantitative estimate of drug-likeness (QED) is 0.467. The van der Waals surface area contributed by atoms with Crippen LogP contribution < -0.4 is 5.73 Å². The zero-order valence-electron chi connectivity index (χ0n) is 5.61. The van der Waals surface area contributed by atoms with Crippen molar-refractivity contribution in [1.29, 1.82) is 0 Å². The van der Waals surface area contributed by atoms with E-state index in [2.05, 4.69) is 0 Å². The SMILES string of the molecule is CC(N)(CCO)S(=O)(=O)O. The fourth-order valence-corrected chi connectivity index (χ4v) is 0.700. The first-order valence-corrected chi connectivity index (χ1v) is 4.12. The van der Waals surface area contributed by atoms with Crippen LogP contribution in [-0.2, 0) is 10.1 Å². The Hall–Kier alpha value is -0.170. The highest BCUT2D eigenvalue weighted by Gasteiger charge is 2.32. The van der Waals surface area contributed by atoms with Crippen molar-refractivity contribution in [2.45, 2.75) is 18.2 Å². The Labute approximate surface area is 59.6 Å². The van der Waals surface area contributed by atoms with Crippen molar-refractivity contribution in [3.63, 3.8) is 0 Å². The van der Waals surface area contributed by atoms with Crippen LogP contribution in [0.2, 0.25) is 0 Å². The molecule has 0 saturated heterocycles. The molecule has 6 heteroatoms. The van der Waals surface area contributed by atoms with Gasteiger partial charge in [0.25, 0.3) is 10.1 Å². The summed E-state index contributed by atoms with van der Waals surface area (Å²) in [6.07, 6.45) is -0.175.